The molecule has 4 nitrogen and oxygen atoms in total. The van der Waals surface area contributed by atoms with Crippen LogP contribution in [0.4, 0.5) is 5.13 Å². The van der Waals surface area contributed by atoms with Crippen molar-refractivity contribution in [3.63, 3.8) is 0 Å². The zero-order valence-corrected chi connectivity index (χ0v) is 12.3. The number of anilines is 1. The number of aromatic nitrogens is 1. The molecule has 0 aliphatic carbocycles. The number of nitrogens with zero attached hydrogens (tertiary/aromatic N) is 2. The molecule has 0 fully saturated rings. The Kier molecular flexibility index (Phi) is 3.89. The predicted molar refractivity (Wildman–Crippen MR) is 80.2 cm³/mol. The zero-order valence-electron chi connectivity index (χ0n) is 10.7. The highest BCUT2D eigenvalue weighted by Crippen LogP contribution is 2.28. The summed E-state index contributed by atoms with van der Waals surface area (Å²) in [6, 6.07) is 7.99. The van der Waals surface area contributed by atoms with Crippen LogP contribution in [0.25, 0.3) is 0 Å². The van der Waals surface area contributed by atoms with Gasteiger partial charge in [-0.1, -0.05) is 18.2 Å². The fourth-order valence-corrected chi connectivity index (χ4v) is 3.09. The second-order valence-corrected chi connectivity index (χ2v) is 5.55. The van der Waals surface area contributed by atoms with Crippen LogP contribution in [-0.4, -0.2) is 29.8 Å². The van der Waals surface area contributed by atoms with Gasteiger partial charge in [0.15, 0.2) is 10.9 Å². The van der Waals surface area contributed by atoms with E-state index in [9.17, 15) is 4.79 Å². The summed E-state index contributed by atoms with van der Waals surface area (Å²) >= 11 is 7.02. The standard InChI is InChI=1S/C14H13ClN2O2S/c15-7-12(18)11-9-20-14(16-11)17-5-6-19-13-4-2-1-3-10(13)8-17/h1-4,9H,5-8H2. The van der Waals surface area contributed by atoms with E-state index in [2.05, 4.69) is 9.88 Å². The topological polar surface area (TPSA) is 42.4 Å². The third-order valence-corrected chi connectivity index (χ3v) is 4.27. The normalized spacial score (nSPS) is 14.3. The summed E-state index contributed by atoms with van der Waals surface area (Å²) in [4.78, 5) is 18.0. The molecule has 0 saturated heterocycles. The molecular formula is C14H13ClN2O2S. The van der Waals surface area contributed by atoms with Gasteiger partial charge in [0.2, 0.25) is 0 Å². The molecule has 0 unspecified atom stereocenters. The molecule has 0 radical (unpaired) electrons. The van der Waals surface area contributed by atoms with Gasteiger partial charge < -0.3 is 9.64 Å². The maximum atomic E-state index is 11.5. The van der Waals surface area contributed by atoms with Crippen LogP contribution in [0, 0.1) is 0 Å². The summed E-state index contributed by atoms with van der Waals surface area (Å²) in [6.45, 7) is 2.09. The van der Waals surface area contributed by atoms with Gasteiger partial charge in [0.05, 0.1) is 12.4 Å². The monoisotopic (exact) mass is 308 g/mol. The van der Waals surface area contributed by atoms with Crippen molar-refractivity contribution in [2.45, 2.75) is 6.54 Å². The fraction of sp³-hybridized carbons (Fsp3) is 0.286. The van der Waals surface area contributed by atoms with Crippen molar-refractivity contribution in [3.05, 3.63) is 40.9 Å². The first-order valence-electron chi connectivity index (χ1n) is 6.28. The molecule has 104 valence electrons. The van der Waals surface area contributed by atoms with E-state index in [1.54, 1.807) is 5.38 Å². The van der Waals surface area contributed by atoms with Gasteiger partial charge in [0.1, 0.15) is 18.1 Å². The first-order valence-corrected chi connectivity index (χ1v) is 7.69. The molecular weight excluding hydrogens is 296 g/mol. The first kappa shape index (κ1) is 13.4. The number of ether oxygens (including phenoxy) is 1. The number of alkyl halides is 1. The number of thiazole rings is 1. The van der Waals surface area contributed by atoms with E-state index in [-0.39, 0.29) is 11.7 Å². The molecule has 1 aliphatic heterocycles. The Morgan fingerprint density at radius 3 is 3.15 bits per heavy atom. The van der Waals surface area contributed by atoms with E-state index in [0.29, 0.717) is 12.3 Å². The molecule has 20 heavy (non-hydrogen) atoms. The smallest absolute Gasteiger partial charge is 0.196 e. The van der Waals surface area contributed by atoms with E-state index in [0.717, 1.165) is 29.5 Å². The molecule has 0 bridgehead atoms. The minimum Gasteiger partial charge on any atom is -0.491 e. The summed E-state index contributed by atoms with van der Waals surface area (Å²) < 4.78 is 5.72. The largest absolute Gasteiger partial charge is 0.491 e. The minimum absolute atomic E-state index is 0.0326. The Bertz CT molecular complexity index is 629. The van der Waals surface area contributed by atoms with Gasteiger partial charge in [0, 0.05) is 17.5 Å². The lowest BCUT2D eigenvalue weighted by molar-refractivity contribution is 0.101. The highest BCUT2D eigenvalue weighted by Gasteiger charge is 2.19. The number of benzene rings is 1. The van der Waals surface area contributed by atoms with Crippen molar-refractivity contribution in [2.24, 2.45) is 0 Å². The van der Waals surface area contributed by atoms with Gasteiger partial charge in [-0.05, 0) is 6.07 Å². The maximum Gasteiger partial charge on any atom is 0.196 e. The maximum absolute atomic E-state index is 11.5. The molecule has 3 rings (SSSR count). The molecule has 2 aromatic rings. The predicted octanol–water partition coefficient (Wildman–Crippen LogP) is 2.96. The lowest BCUT2D eigenvalue weighted by Crippen LogP contribution is -2.25. The number of hydrogen-bond donors (Lipinski definition) is 0. The summed E-state index contributed by atoms with van der Waals surface area (Å²) in [5.41, 5.74) is 1.57. The Hall–Kier alpha value is -1.59. The van der Waals surface area contributed by atoms with E-state index < -0.39 is 0 Å². The fourth-order valence-electron chi connectivity index (χ4n) is 2.10. The van der Waals surface area contributed by atoms with E-state index in [4.69, 9.17) is 16.3 Å². The highest BCUT2D eigenvalue weighted by atomic mass is 35.5. The zero-order chi connectivity index (χ0) is 13.9. The molecule has 0 saturated carbocycles. The lowest BCUT2D eigenvalue weighted by Gasteiger charge is -2.18. The third-order valence-electron chi connectivity index (χ3n) is 3.12. The molecule has 1 aromatic carbocycles. The number of ketones is 1. The van der Waals surface area contributed by atoms with Crippen molar-refractivity contribution in [2.75, 3.05) is 23.9 Å². The van der Waals surface area contributed by atoms with Crippen LogP contribution in [0.15, 0.2) is 29.6 Å². The van der Waals surface area contributed by atoms with Crippen molar-refractivity contribution in [1.82, 2.24) is 4.98 Å². The van der Waals surface area contributed by atoms with E-state index in [1.807, 2.05) is 24.3 Å². The van der Waals surface area contributed by atoms with Crippen LogP contribution in [0.3, 0.4) is 0 Å². The molecule has 1 aromatic heterocycles. The summed E-state index contributed by atoms with van der Waals surface area (Å²) in [5, 5.41) is 2.59. The number of Topliss-reactive ketones (excluding diaryl/α,β-unsaturated/α-hetero) is 1. The van der Waals surface area contributed by atoms with Gasteiger partial charge in [0.25, 0.3) is 0 Å². The summed E-state index contributed by atoms with van der Waals surface area (Å²) in [5.74, 6) is 0.749. The van der Waals surface area contributed by atoms with Crippen molar-refractivity contribution in [3.8, 4) is 5.75 Å². The van der Waals surface area contributed by atoms with Gasteiger partial charge >= 0.3 is 0 Å². The molecule has 0 atom stereocenters. The van der Waals surface area contributed by atoms with Gasteiger partial charge in [-0.2, -0.15) is 0 Å². The number of carbonyl (C=O) groups excluding carboxylic acids is 1. The average Bonchev–Trinajstić information content (AvgIpc) is 2.87. The Balaban J connectivity index is 1.84. The van der Waals surface area contributed by atoms with E-state index in [1.165, 1.54) is 11.3 Å². The average molecular weight is 309 g/mol. The van der Waals surface area contributed by atoms with Gasteiger partial charge in [-0.15, -0.1) is 22.9 Å². The molecule has 0 N–H and O–H groups in total. The Labute approximate surface area is 126 Å². The van der Waals surface area contributed by atoms with Crippen LogP contribution in [0.5, 0.6) is 5.75 Å². The third kappa shape index (κ3) is 2.64. The molecule has 6 heteroatoms. The lowest BCUT2D eigenvalue weighted by atomic mass is 10.2. The minimum atomic E-state index is -0.138. The van der Waals surface area contributed by atoms with Gasteiger partial charge in [-0.3, -0.25) is 4.79 Å². The number of hydrogen-bond acceptors (Lipinski definition) is 5. The number of halogens is 1. The van der Waals surface area contributed by atoms with Crippen LogP contribution in [0.1, 0.15) is 16.1 Å². The summed E-state index contributed by atoms with van der Waals surface area (Å²) in [6.07, 6.45) is 0. The number of fused-ring (bicyclic) bond motifs is 1. The molecule has 1 aliphatic rings. The van der Waals surface area contributed by atoms with Gasteiger partial charge in [-0.25, -0.2) is 4.98 Å². The van der Waals surface area contributed by atoms with Crippen LogP contribution in [0.2, 0.25) is 0 Å². The quantitative estimate of drug-likeness (QED) is 0.646. The molecule has 0 spiro atoms. The van der Waals surface area contributed by atoms with Crippen molar-refractivity contribution in [1.29, 1.82) is 0 Å². The molecule has 0 amide bonds. The second kappa shape index (κ2) is 5.81. The molecule has 2 heterocycles. The number of rotatable bonds is 3. The highest BCUT2D eigenvalue weighted by molar-refractivity contribution is 7.13. The number of carbonyl (C=O) groups is 1. The SMILES string of the molecule is O=C(CCl)c1csc(N2CCOc3ccccc3C2)n1. The first-order chi connectivity index (χ1) is 9.78. The second-order valence-electron chi connectivity index (χ2n) is 4.45. The Morgan fingerprint density at radius 1 is 1.45 bits per heavy atom. The van der Waals surface area contributed by atoms with Crippen molar-refractivity contribution < 1.29 is 9.53 Å². The van der Waals surface area contributed by atoms with E-state index >= 15 is 0 Å². The number of para-hydroxylation sites is 1. The Morgan fingerprint density at radius 2 is 2.30 bits per heavy atom. The summed E-state index contributed by atoms with van der Waals surface area (Å²) in [7, 11) is 0. The van der Waals surface area contributed by atoms with Crippen molar-refractivity contribution >= 4 is 33.9 Å². The van der Waals surface area contributed by atoms with Crippen LogP contribution < -0.4 is 9.64 Å². The van der Waals surface area contributed by atoms with Crippen LogP contribution in [-0.2, 0) is 6.54 Å². The van der Waals surface area contributed by atoms with Crippen LogP contribution >= 0.6 is 22.9 Å².